The van der Waals surface area contributed by atoms with E-state index in [1.54, 1.807) is 0 Å². The van der Waals surface area contributed by atoms with Gasteiger partial charge in [0.05, 0.1) is 6.42 Å². The molecule has 1 unspecified atom stereocenters. The highest BCUT2D eigenvalue weighted by Crippen LogP contribution is 2.26. The Hall–Kier alpha value is -0.960. The molecule has 6 nitrogen and oxygen atoms in total. The SMILES string of the molecule is CC(C)(C)C(CCO)NS(=O)(=O)c1ccc(CC(=O)O)s1. The molecule has 0 saturated carbocycles. The largest absolute Gasteiger partial charge is 0.481 e. The van der Waals surface area contributed by atoms with Crippen LogP contribution in [-0.2, 0) is 21.2 Å². The van der Waals surface area contributed by atoms with Crippen molar-refractivity contribution in [3.63, 3.8) is 0 Å². The first-order chi connectivity index (χ1) is 9.56. The molecule has 1 heterocycles. The minimum absolute atomic E-state index is 0.0888. The normalized spacial score (nSPS) is 14.1. The fraction of sp³-hybridized carbons (Fsp3) is 0.615. The van der Waals surface area contributed by atoms with Crippen molar-refractivity contribution in [1.82, 2.24) is 4.72 Å². The first-order valence-corrected chi connectivity index (χ1v) is 8.80. The highest BCUT2D eigenvalue weighted by Gasteiger charge is 2.30. The van der Waals surface area contributed by atoms with Crippen LogP contribution in [0.1, 0.15) is 32.1 Å². The predicted molar refractivity (Wildman–Crippen MR) is 80.9 cm³/mol. The molecule has 0 fully saturated rings. The van der Waals surface area contributed by atoms with Crippen LogP contribution in [0.4, 0.5) is 0 Å². The van der Waals surface area contributed by atoms with E-state index in [4.69, 9.17) is 10.2 Å². The lowest BCUT2D eigenvalue weighted by Crippen LogP contribution is -2.43. The number of aliphatic hydroxyl groups is 1. The zero-order valence-electron chi connectivity index (χ0n) is 12.3. The fourth-order valence-electron chi connectivity index (χ4n) is 1.79. The van der Waals surface area contributed by atoms with Gasteiger partial charge in [-0.25, -0.2) is 13.1 Å². The number of hydrogen-bond donors (Lipinski definition) is 3. The van der Waals surface area contributed by atoms with E-state index in [0.29, 0.717) is 11.3 Å². The second-order valence-electron chi connectivity index (χ2n) is 5.84. The van der Waals surface area contributed by atoms with E-state index in [0.717, 1.165) is 11.3 Å². The molecule has 3 N–H and O–H groups in total. The van der Waals surface area contributed by atoms with Gasteiger partial charge in [-0.1, -0.05) is 20.8 Å². The van der Waals surface area contributed by atoms with Crippen molar-refractivity contribution in [3.05, 3.63) is 17.0 Å². The van der Waals surface area contributed by atoms with Crippen molar-refractivity contribution in [2.45, 2.75) is 43.9 Å². The first-order valence-electron chi connectivity index (χ1n) is 6.50. The lowest BCUT2D eigenvalue weighted by molar-refractivity contribution is -0.136. The summed E-state index contributed by atoms with van der Waals surface area (Å²) in [6.45, 7) is 5.56. The van der Waals surface area contributed by atoms with Crippen LogP contribution in [0.2, 0.25) is 0 Å². The Balaban J connectivity index is 2.94. The second-order valence-corrected chi connectivity index (χ2v) is 8.95. The molecule has 0 aromatic carbocycles. The van der Waals surface area contributed by atoms with Crippen molar-refractivity contribution < 1.29 is 23.4 Å². The number of nitrogens with one attached hydrogen (secondary N) is 1. The summed E-state index contributed by atoms with van der Waals surface area (Å²) in [4.78, 5) is 11.1. The molecule has 21 heavy (non-hydrogen) atoms. The Morgan fingerprint density at radius 1 is 1.38 bits per heavy atom. The number of rotatable bonds is 7. The van der Waals surface area contributed by atoms with E-state index in [2.05, 4.69) is 4.72 Å². The third-order valence-electron chi connectivity index (χ3n) is 2.99. The number of carboxylic acids is 1. The van der Waals surface area contributed by atoms with Gasteiger partial charge in [0.1, 0.15) is 4.21 Å². The van der Waals surface area contributed by atoms with Gasteiger partial charge < -0.3 is 10.2 Å². The number of carboxylic acid groups (broad SMARTS) is 1. The number of aliphatic hydroxyl groups excluding tert-OH is 1. The predicted octanol–water partition coefficient (Wildman–Crippen LogP) is 1.45. The van der Waals surface area contributed by atoms with Gasteiger partial charge in [0.2, 0.25) is 10.0 Å². The van der Waals surface area contributed by atoms with Gasteiger partial charge in [0.15, 0.2) is 0 Å². The second kappa shape index (κ2) is 6.87. The Morgan fingerprint density at radius 2 is 2.00 bits per heavy atom. The van der Waals surface area contributed by atoms with E-state index in [-0.39, 0.29) is 22.7 Å². The molecule has 1 aromatic heterocycles. The summed E-state index contributed by atoms with van der Waals surface area (Å²) in [5, 5.41) is 17.8. The molecule has 120 valence electrons. The summed E-state index contributed by atoms with van der Waals surface area (Å²) in [6, 6.07) is 2.51. The first kappa shape index (κ1) is 18.1. The van der Waals surface area contributed by atoms with E-state index in [1.807, 2.05) is 20.8 Å². The minimum atomic E-state index is -3.72. The van der Waals surface area contributed by atoms with Crippen LogP contribution in [-0.4, -0.2) is 37.2 Å². The van der Waals surface area contributed by atoms with Gasteiger partial charge in [0.25, 0.3) is 0 Å². The van der Waals surface area contributed by atoms with Crippen LogP contribution >= 0.6 is 11.3 Å². The average Bonchev–Trinajstić information content (AvgIpc) is 2.75. The molecule has 0 amide bonds. The molecular formula is C13H21NO5S2. The zero-order valence-corrected chi connectivity index (χ0v) is 13.9. The zero-order chi connectivity index (χ0) is 16.3. The quantitative estimate of drug-likeness (QED) is 0.700. The molecule has 0 aliphatic heterocycles. The number of carbonyl (C=O) groups is 1. The standard InChI is InChI=1S/C13H21NO5S2/c1-13(2,3)10(6-7-15)14-21(18,19)12-5-4-9(20-12)8-11(16)17/h4-5,10,14-15H,6-8H2,1-3H3,(H,16,17). The van der Waals surface area contributed by atoms with Crippen molar-refractivity contribution in [2.24, 2.45) is 5.41 Å². The van der Waals surface area contributed by atoms with Crippen LogP contribution in [0.5, 0.6) is 0 Å². The van der Waals surface area contributed by atoms with Gasteiger partial charge in [-0.2, -0.15) is 0 Å². The molecule has 0 spiro atoms. The summed E-state index contributed by atoms with van der Waals surface area (Å²) in [7, 11) is -3.72. The molecule has 1 aromatic rings. The van der Waals surface area contributed by atoms with Crippen LogP contribution in [0.3, 0.4) is 0 Å². The molecule has 1 atom stereocenters. The van der Waals surface area contributed by atoms with Crippen molar-refractivity contribution in [2.75, 3.05) is 6.61 Å². The van der Waals surface area contributed by atoms with Crippen LogP contribution in [0, 0.1) is 5.41 Å². The summed E-state index contributed by atoms with van der Waals surface area (Å²) in [5.74, 6) is -0.999. The average molecular weight is 335 g/mol. The maximum atomic E-state index is 12.3. The number of sulfonamides is 1. The molecule has 1 rings (SSSR count). The Bertz CT molecular complexity index is 586. The molecular weight excluding hydrogens is 314 g/mol. The summed E-state index contributed by atoms with van der Waals surface area (Å²) in [5.41, 5.74) is -0.336. The molecule has 0 saturated heterocycles. The number of hydrogen-bond acceptors (Lipinski definition) is 5. The van der Waals surface area contributed by atoms with Gasteiger partial charge in [-0.3, -0.25) is 4.79 Å². The Labute approximate surface area is 128 Å². The number of thiophene rings is 1. The highest BCUT2D eigenvalue weighted by molar-refractivity contribution is 7.91. The Morgan fingerprint density at radius 3 is 2.48 bits per heavy atom. The van der Waals surface area contributed by atoms with Gasteiger partial charge in [-0.05, 0) is 24.0 Å². The van der Waals surface area contributed by atoms with Crippen molar-refractivity contribution >= 4 is 27.3 Å². The lowest BCUT2D eigenvalue weighted by Gasteiger charge is -2.30. The van der Waals surface area contributed by atoms with Crippen molar-refractivity contribution in [3.8, 4) is 0 Å². The van der Waals surface area contributed by atoms with Crippen molar-refractivity contribution in [1.29, 1.82) is 0 Å². The summed E-state index contributed by atoms with van der Waals surface area (Å²) in [6.07, 6.45) is 0.121. The van der Waals surface area contributed by atoms with Crippen LogP contribution in [0.15, 0.2) is 16.3 Å². The van der Waals surface area contributed by atoms with E-state index in [1.165, 1.54) is 12.1 Å². The van der Waals surface area contributed by atoms with E-state index >= 15 is 0 Å². The van der Waals surface area contributed by atoms with Crippen LogP contribution in [0.25, 0.3) is 0 Å². The Kier molecular flexibility index (Phi) is 5.92. The summed E-state index contributed by atoms with van der Waals surface area (Å²) >= 11 is 0.945. The molecule has 0 bridgehead atoms. The van der Waals surface area contributed by atoms with Crippen LogP contribution < -0.4 is 4.72 Å². The molecule has 8 heteroatoms. The number of aliphatic carboxylic acids is 1. The monoisotopic (exact) mass is 335 g/mol. The summed E-state index contributed by atoms with van der Waals surface area (Å²) < 4.78 is 27.3. The molecule has 0 aliphatic rings. The maximum Gasteiger partial charge on any atom is 0.308 e. The molecule has 0 aliphatic carbocycles. The maximum absolute atomic E-state index is 12.3. The smallest absolute Gasteiger partial charge is 0.308 e. The topological polar surface area (TPSA) is 104 Å². The van der Waals surface area contributed by atoms with Gasteiger partial charge >= 0.3 is 5.97 Å². The fourth-order valence-corrected chi connectivity index (χ4v) is 4.63. The third kappa shape index (κ3) is 5.39. The van der Waals surface area contributed by atoms with E-state index in [9.17, 15) is 13.2 Å². The van der Waals surface area contributed by atoms with E-state index < -0.39 is 22.0 Å². The highest BCUT2D eigenvalue weighted by atomic mass is 32.2. The third-order valence-corrected chi connectivity index (χ3v) is 6.04. The minimum Gasteiger partial charge on any atom is -0.481 e. The molecule has 0 radical (unpaired) electrons. The lowest BCUT2D eigenvalue weighted by atomic mass is 9.86. The van der Waals surface area contributed by atoms with Gasteiger partial charge in [-0.15, -0.1) is 11.3 Å². The van der Waals surface area contributed by atoms with Gasteiger partial charge in [0, 0.05) is 17.5 Å².